The monoisotopic (exact) mass is 380 g/mol. The summed E-state index contributed by atoms with van der Waals surface area (Å²) < 4.78 is 10.4. The Bertz CT molecular complexity index is 722. The molecule has 2 aromatic rings. The summed E-state index contributed by atoms with van der Waals surface area (Å²) in [4.78, 5) is 12.2. The zero-order chi connectivity index (χ0) is 18.4. The van der Waals surface area contributed by atoms with E-state index >= 15 is 0 Å². The Morgan fingerprint density at radius 1 is 1.15 bits per heavy atom. The van der Waals surface area contributed by atoms with Gasteiger partial charge >= 0.3 is 0 Å². The van der Waals surface area contributed by atoms with Crippen molar-refractivity contribution in [1.29, 1.82) is 0 Å². The van der Waals surface area contributed by atoms with Crippen molar-refractivity contribution in [3.05, 3.63) is 59.2 Å². The Morgan fingerprint density at radius 3 is 2.38 bits per heavy atom. The highest BCUT2D eigenvalue weighted by Gasteiger charge is 2.19. The highest BCUT2D eigenvalue weighted by molar-refractivity contribution is 5.85. The topological polar surface area (TPSA) is 93.8 Å². The minimum Gasteiger partial charge on any atom is -0.497 e. The number of carbonyl (C=O) groups excluding carboxylic acids is 1. The van der Waals surface area contributed by atoms with Crippen molar-refractivity contribution in [1.82, 2.24) is 5.32 Å². The summed E-state index contributed by atoms with van der Waals surface area (Å²) in [6, 6.07) is 11.8. The van der Waals surface area contributed by atoms with Gasteiger partial charge in [0.1, 0.15) is 17.5 Å². The fourth-order valence-corrected chi connectivity index (χ4v) is 2.44. The fourth-order valence-electron chi connectivity index (χ4n) is 2.44. The van der Waals surface area contributed by atoms with Crippen molar-refractivity contribution in [2.75, 3.05) is 20.8 Å². The number of hydrogen-bond donors (Lipinski definition) is 3. The van der Waals surface area contributed by atoms with Gasteiger partial charge in [0.15, 0.2) is 0 Å². The lowest BCUT2D eigenvalue weighted by Gasteiger charge is -2.18. The molecule has 0 saturated heterocycles. The third-order valence-corrected chi connectivity index (χ3v) is 3.98. The van der Waals surface area contributed by atoms with Crippen molar-refractivity contribution in [2.24, 2.45) is 5.73 Å². The van der Waals surface area contributed by atoms with Crippen LogP contribution in [0, 0.1) is 6.92 Å². The minimum absolute atomic E-state index is 0. The normalized spacial score (nSPS) is 12.5. The number of ether oxygens (including phenoxy) is 2. The van der Waals surface area contributed by atoms with Crippen LogP contribution < -0.4 is 20.5 Å². The maximum Gasteiger partial charge on any atom is 0.241 e. The number of aliphatic hydroxyl groups excluding tert-OH is 1. The van der Waals surface area contributed by atoms with E-state index in [1.54, 1.807) is 25.3 Å². The molecule has 0 radical (unpaired) electrons. The third kappa shape index (κ3) is 5.36. The molecule has 142 valence electrons. The molecular formula is C19H25ClN2O4. The summed E-state index contributed by atoms with van der Waals surface area (Å²) in [5.41, 5.74) is 8.32. The summed E-state index contributed by atoms with van der Waals surface area (Å²) >= 11 is 0. The largest absolute Gasteiger partial charge is 0.497 e. The van der Waals surface area contributed by atoms with E-state index in [1.165, 1.54) is 7.11 Å². The van der Waals surface area contributed by atoms with Crippen LogP contribution in [-0.2, 0) is 4.79 Å². The van der Waals surface area contributed by atoms with E-state index in [9.17, 15) is 9.90 Å². The summed E-state index contributed by atoms with van der Waals surface area (Å²) in [5.74, 6) is 0.757. The number of nitrogens with two attached hydrogens (primary N) is 1. The summed E-state index contributed by atoms with van der Waals surface area (Å²) in [6.45, 7) is 1.98. The maximum atomic E-state index is 12.2. The van der Waals surface area contributed by atoms with Gasteiger partial charge in [-0.05, 0) is 30.7 Å². The van der Waals surface area contributed by atoms with Gasteiger partial charge in [0.25, 0.3) is 0 Å². The van der Waals surface area contributed by atoms with Gasteiger partial charge in [-0.3, -0.25) is 4.79 Å². The zero-order valence-corrected chi connectivity index (χ0v) is 15.9. The Labute approximate surface area is 159 Å². The van der Waals surface area contributed by atoms with E-state index in [0.29, 0.717) is 17.1 Å². The van der Waals surface area contributed by atoms with Crippen LogP contribution in [0.1, 0.15) is 28.8 Å². The molecule has 2 rings (SSSR count). The molecule has 2 aromatic carbocycles. The first-order chi connectivity index (χ1) is 12.0. The smallest absolute Gasteiger partial charge is 0.241 e. The number of rotatable bonds is 7. The molecule has 7 heteroatoms. The Balaban J connectivity index is 0.00000338. The number of hydrogen-bond acceptors (Lipinski definition) is 5. The molecule has 1 amide bonds. The van der Waals surface area contributed by atoms with Gasteiger partial charge < -0.3 is 25.6 Å². The molecule has 0 saturated carbocycles. The number of halogens is 1. The number of nitrogens with one attached hydrogen (secondary N) is 1. The van der Waals surface area contributed by atoms with Gasteiger partial charge in [-0.2, -0.15) is 0 Å². The van der Waals surface area contributed by atoms with Crippen molar-refractivity contribution < 1.29 is 19.4 Å². The molecule has 0 bridgehead atoms. The third-order valence-electron chi connectivity index (χ3n) is 3.98. The van der Waals surface area contributed by atoms with Crippen molar-refractivity contribution in [3.63, 3.8) is 0 Å². The molecule has 0 heterocycles. The minimum atomic E-state index is -0.945. The number of amides is 1. The number of methoxy groups -OCH3 is 2. The van der Waals surface area contributed by atoms with Gasteiger partial charge in [0.2, 0.25) is 5.91 Å². The lowest BCUT2D eigenvalue weighted by molar-refractivity contribution is -0.123. The summed E-state index contributed by atoms with van der Waals surface area (Å²) in [7, 11) is 3.06. The van der Waals surface area contributed by atoms with Crippen LogP contribution in [0.25, 0.3) is 0 Å². The Kier molecular flexibility index (Phi) is 8.38. The number of aryl methyl sites for hydroxylation is 1. The van der Waals surface area contributed by atoms with E-state index in [1.807, 2.05) is 31.2 Å². The fraction of sp³-hybridized carbons (Fsp3) is 0.316. The Morgan fingerprint density at radius 2 is 1.81 bits per heavy atom. The second-order valence-electron chi connectivity index (χ2n) is 5.76. The molecule has 0 fully saturated rings. The van der Waals surface area contributed by atoms with Crippen molar-refractivity contribution in [3.8, 4) is 11.5 Å². The first-order valence-electron chi connectivity index (χ1n) is 7.96. The van der Waals surface area contributed by atoms with Crippen LogP contribution in [0.4, 0.5) is 0 Å². The van der Waals surface area contributed by atoms with Crippen LogP contribution in [0.2, 0.25) is 0 Å². The standard InChI is InChI=1S/C19H24N2O4.ClH/c1-12-4-6-13(7-5-12)18(20)19(23)21-11-16(22)15-10-14(24-2)8-9-17(15)25-3;/h4-10,16,18,22H,11,20H2,1-3H3,(H,21,23);1H. The average molecular weight is 381 g/mol. The number of carbonyl (C=O) groups is 1. The number of benzene rings is 2. The van der Waals surface area contributed by atoms with Gasteiger partial charge in [-0.1, -0.05) is 29.8 Å². The van der Waals surface area contributed by atoms with Gasteiger partial charge in [0, 0.05) is 12.1 Å². The predicted molar refractivity (Wildman–Crippen MR) is 103 cm³/mol. The quantitative estimate of drug-likeness (QED) is 0.685. The van der Waals surface area contributed by atoms with E-state index < -0.39 is 12.1 Å². The molecular weight excluding hydrogens is 356 g/mol. The SMILES string of the molecule is COc1ccc(OC)c(C(O)CNC(=O)C(N)c2ccc(C)cc2)c1.Cl. The van der Waals surface area contributed by atoms with E-state index in [4.69, 9.17) is 15.2 Å². The van der Waals surface area contributed by atoms with Gasteiger partial charge in [0.05, 0.1) is 20.3 Å². The van der Waals surface area contributed by atoms with Crippen LogP contribution in [-0.4, -0.2) is 31.8 Å². The number of aliphatic hydroxyl groups is 1. The maximum absolute atomic E-state index is 12.2. The molecule has 0 aliphatic carbocycles. The molecule has 0 spiro atoms. The highest BCUT2D eigenvalue weighted by atomic mass is 35.5. The Hall–Kier alpha value is -2.28. The molecule has 2 atom stereocenters. The molecule has 0 aliphatic heterocycles. The first-order valence-corrected chi connectivity index (χ1v) is 7.96. The van der Waals surface area contributed by atoms with Crippen LogP contribution >= 0.6 is 12.4 Å². The van der Waals surface area contributed by atoms with Crippen LogP contribution in [0.5, 0.6) is 11.5 Å². The molecule has 2 unspecified atom stereocenters. The van der Waals surface area contributed by atoms with Crippen molar-refractivity contribution >= 4 is 18.3 Å². The van der Waals surface area contributed by atoms with E-state index in [0.717, 1.165) is 11.1 Å². The molecule has 4 N–H and O–H groups in total. The van der Waals surface area contributed by atoms with E-state index in [-0.39, 0.29) is 24.9 Å². The lowest BCUT2D eigenvalue weighted by atomic mass is 10.0. The second-order valence-corrected chi connectivity index (χ2v) is 5.76. The summed E-state index contributed by atoms with van der Waals surface area (Å²) in [5, 5.41) is 13.1. The van der Waals surface area contributed by atoms with E-state index in [2.05, 4.69) is 5.32 Å². The van der Waals surface area contributed by atoms with Gasteiger partial charge in [-0.25, -0.2) is 0 Å². The molecule has 0 aromatic heterocycles. The van der Waals surface area contributed by atoms with Crippen LogP contribution in [0.15, 0.2) is 42.5 Å². The average Bonchev–Trinajstić information content (AvgIpc) is 2.65. The predicted octanol–water partition coefficient (Wildman–Crippen LogP) is 2.28. The van der Waals surface area contributed by atoms with Crippen molar-refractivity contribution in [2.45, 2.75) is 19.1 Å². The lowest BCUT2D eigenvalue weighted by Crippen LogP contribution is -2.36. The first kappa shape index (κ1) is 21.8. The summed E-state index contributed by atoms with van der Waals surface area (Å²) in [6.07, 6.45) is -0.945. The second kappa shape index (κ2) is 10.0. The molecule has 6 nitrogen and oxygen atoms in total. The van der Waals surface area contributed by atoms with Gasteiger partial charge in [-0.15, -0.1) is 12.4 Å². The molecule has 0 aliphatic rings. The zero-order valence-electron chi connectivity index (χ0n) is 15.1. The highest BCUT2D eigenvalue weighted by Crippen LogP contribution is 2.29. The molecule has 26 heavy (non-hydrogen) atoms. The van der Waals surface area contributed by atoms with Crippen LogP contribution in [0.3, 0.4) is 0 Å².